The van der Waals surface area contributed by atoms with Crippen LogP contribution in [0.3, 0.4) is 0 Å². The summed E-state index contributed by atoms with van der Waals surface area (Å²) >= 11 is 1.58. The number of carbonyl (C=O) groups excluding carboxylic acids is 1. The average molecular weight is 377 g/mol. The first-order valence-electron chi connectivity index (χ1n) is 9.31. The number of nitrogen functional groups attached to an aromatic ring is 1. The number of nitrogens with two attached hydrogens (primary N) is 1. The fraction of sp³-hybridized carbons (Fsp3) is 0.261. The van der Waals surface area contributed by atoms with Gasteiger partial charge < -0.3 is 5.73 Å². The van der Waals surface area contributed by atoms with Crippen LogP contribution in [0.1, 0.15) is 50.3 Å². The summed E-state index contributed by atoms with van der Waals surface area (Å²) in [4.78, 5) is 16.8. The summed E-state index contributed by atoms with van der Waals surface area (Å²) < 4.78 is 0. The van der Waals surface area contributed by atoms with Crippen LogP contribution >= 0.6 is 11.3 Å². The third kappa shape index (κ3) is 3.55. The van der Waals surface area contributed by atoms with Gasteiger partial charge in [-0.1, -0.05) is 67.1 Å². The van der Waals surface area contributed by atoms with Crippen molar-refractivity contribution in [3.05, 3.63) is 87.3 Å². The van der Waals surface area contributed by atoms with Crippen LogP contribution in [-0.2, 0) is 13.1 Å². The number of hydrogen-bond acceptors (Lipinski definition) is 4. The lowest BCUT2D eigenvalue weighted by Gasteiger charge is -2.31. The lowest BCUT2D eigenvalue weighted by Crippen LogP contribution is -2.32. The van der Waals surface area contributed by atoms with Crippen molar-refractivity contribution in [3.8, 4) is 0 Å². The zero-order chi connectivity index (χ0) is 19.0. The molecule has 1 aliphatic heterocycles. The maximum atomic E-state index is 13.1. The molecule has 1 atom stereocenters. The van der Waals surface area contributed by atoms with E-state index in [4.69, 9.17) is 5.73 Å². The first kappa shape index (κ1) is 18.0. The zero-order valence-electron chi connectivity index (χ0n) is 15.7. The van der Waals surface area contributed by atoms with E-state index in [0.29, 0.717) is 10.6 Å². The fourth-order valence-electron chi connectivity index (χ4n) is 3.94. The minimum Gasteiger partial charge on any atom is -0.390 e. The van der Waals surface area contributed by atoms with Crippen molar-refractivity contribution >= 4 is 22.1 Å². The first-order valence-corrected chi connectivity index (χ1v) is 10.1. The van der Waals surface area contributed by atoms with Crippen molar-refractivity contribution in [1.82, 2.24) is 4.90 Å². The molecule has 4 rings (SSSR count). The Hall–Kier alpha value is -2.43. The van der Waals surface area contributed by atoms with Crippen molar-refractivity contribution in [3.63, 3.8) is 0 Å². The van der Waals surface area contributed by atoms with Gasteiger partial charge in [0.1, 0.15) is 0 Å². The summed E-state index contributed by atoms with van der Waals surface area (Å²) in [7, 11) is 0. The van der Waals surface area contributed by atoms with Crippen molar-refractivity contribution in [2.75, 3.05) is 12.3 Å². The molecule has 1 aliphatic rings. The molecule has 2 aromatic carbocycles. The van der Waals surface area contributed by atoms with Gasteiger partial charge in [-0.25, -0.2) is 0 Å². The molecule has 3 aromatic rings. The summed E-state index contributed by atoms with van der Waals surface area (Å²) in [6, 6.07) is 18.3. The number of carbonyl (C=O) groups is 1. The fourth-order valence-corrected chi connectivity index (χ4v) is 5.17. The third-order valence-electron chi connectivity index (χ3n) is 5.23. The molecule has 4 heteroatoms. The van der Waals surface area contributed by atoms with Crippen LogP contribution in [-0.4, -0.2) is 17.2 Å². The SMILES string of the molecule is Cc1ccc(C(=O)c2c(N)sc3c2C(C)CN(Cc2ccccc2)C3)cc1. The predicted octanol–water partition coefficient (Wildman–Crippen LogP) is 4.99. The van der Waals surface area contributed by atoms with Crippen LogP contribution in [0.4, 0.5) is 5.00 Å². The molecule has 0 spiro atoms. The average Bonchev–Trinajstić information content (AvgIpc) is 2.99. The van der Waals surface area contributed by atoms with Gasteiger partial charge in [0.05, 0.1) is 10.6 Å². The lowest BCUT2D eigenvalue weighted by molar-refractivity contribution is 0.103. The summed E-state index contributed by atoms with van der Waals surface area (Å²) in [5.41, 5.74) is 11.4. The molecule has 3 nitrogen and oxygen atoms in total. The summed E-state index contributed by atoms with van der Waals surface area (Å²) in [5.74, 6) is 0.337. The molecule has 0 amide bonds. The Labute approximate surface area is 164 Å². The van der Waals surface area contributed by atoms with Crippen LogP contribution < -0.4 is 5.73 Å². The topological polar surface area (TPSA) is 46.3 Å². The molecule has 2 heterocycles. The number of rotatable bonds is 4. The number of nitrogens with zero attached hydrogens (tertiary/aromatic N) is 1. The second kappa shape index (κ2) is 7.29. The maximum absolute atomic E-state index is 13.1. The highest BCUT2D eigenvalue weighted by atomic mass is 32.1. The Kier molecular flexibility index (Phi) is 4.85. The van der Waals surface area contributed by atoms with Gasteiger partial charge in [-0.3, -0.25) is 9.69 Å². The van der Waals surface area contributed by atoms with E-state index in [0.717, 1.165) is 36.3 Å². The van der Waals surface area contributed by atoms with Gasteiger partial charge in [0.2, 0.25) is 0 Å². The van der Waals surface area contributed by atoms with E-state index < -0.39 is 0 Å². The Morgan fingerprint density at radius 1 is 1.15 bits per heavy atom. The van der Waals surface area contributed by atoms with E-state index in [-0.39, 0.29) is 11.7 Å². The molecule has 0 saturated heterocycles. The Balaban J connectivity index is 1.63. The van der Waals surface area contributed by atoms with Crippen LogP contribution in [0.5, 0.6) is 0 Å². The van der Waals surface area contributed by atoms with Gasteiger partial charge in [-0.2, -0.15) is 0 Å². The predicted molar refractivity (Wildman–Crippen MR) is 112 cm³/mol. The molecule has 0 bridgehead atoms. The lowest BCUT2D eigenvalue weighted by atomic mass is 9.89. The number of benzene rings is 2. The van der Waals surface area contributed by atoms with E-state index in [2.05, 4.69) is 36.1 Å². The molecule has 2 N–H and O–H groups in total. The van der Waals surface area contributed by atoms with Crippen molar-refractivity contribution in [2.45, 2.75) is 32.9 Å². The normalized spacial score (nSPS) is 16.9. The van der Waals surface area contributed by atoms with Gasteiger partial charge in [0, 0.05) is 30.1 Å². The number of anilines is 1. The standard InChI is InChI=1S/C23H24N2OS/c1-15-8-10-18(11-9-15)22(26)21-20-16(2)12-25(14-19(20)27-23(21)24)13-17-6-4-3-5-7-17/h3-11,16H,12-14,24H2,1-2H3. The van der Waals surface area contributed by atoms with Crippen molar-refractivity contribution < 1.29 is 4.79 Å². The number of hydrogen-bond donors (Lipinski definition) is 1. The smallest absolute Gasteiger partial charge is 0.196 e. The molecule has 1 aromatic heterocycles. The first-order chi connectivity index (χ1) is 13.0. The van der Waals surface area contributed by atoms with E-state index in [1.165, 1.54) is 10.4 Å². The van der Waals surface area contributed by atoms with Crippen LogP contribution in [0.15, 0.2) is 54.6 Å². The van der Waals surface area contributed by atoms with Gasteiger partial charge >= 0.3 is 0 Å². The van der Waals surface area contributed by atoms with Crippen molar-refractivity contribution in [1.29, 1.82) is 0 Å². The molecule has 138 valence electrons. The van der Waals surface area contributed by atoms with Crippen LogP contribution in [0.25, 0.3) is 0 Å². The number of aryl methyl sites for hydroxylation is 1. The number of ketones is 1. The van der Waals surface area contributed by atoms with E-state index in [1.807, 2.05) is 37.3 Å². The van der Waals surface area contributed by atoms with Gasteiger partial charge in [0.15, 0.2) is 5.78 Å². The highest BCUT2D eigenvalue weighted by Gasteiger charge is 2.31. The molecule has 0 radical (unpaired) electrons. The molecule has 0 aliphatic carbocycles. The van der Waals surface area contributed by atoms with Crippen molar-refractivity contribution in [2.24, 2.45) is 0 Å². The molecule has 0 fully saturated rings. The highest BCUT2D eigenvalue weighted by molar-refractivity contribution is 7.16. The molecule has 1 unspecified atom stereocenters. The Morgan fingerprint density at radius 3 is 2.56 bits per heavy atom. The largest absolute Gasteiger partial charge is 0.390 e. The molecule has 27 heavy (non-hydrogen) atoms. The molecule has 0 saturated carbocycles. The minimum atomic E-state index is 0.0494. The maximum Gasteiger partial charge on any atom is 0.196 e. The monoisotopic (exact) mass is 376 g/mol. The summed E-state index contributed by atoms with van der Waals surface area (Å²) in [6.07, 6.45) is 0. The van der Waals surface area contributed by atoms with Crippen LogP contribution in [0, 0.1) is 6.92 Å². The van der Waals surface area contributed by atoms with Gasteiger partial charge in [-0.15, -0.1) is 11.3 Å². The Bertz CT molecular complexity index is 960. The summed E-state index contributed by atoms with van der Waals surface area (Å²) in [5, 5.41) is 0.652. The van der Waals surface area contributed by atoms with Gasteiger partial charge in [-0.05, 0) is 24.0 Å². The van der Waals surface area contributed by atoms with Gasteiger partial charge in [0.25, 0.3) is 0 Å². The second-order valence-electron chi connectivity index (χ2n) is 7.43. The quantitative estimate of drug-likeness (QED) is 0.653. The van der Waals surface area contributed by atoms with E-state index in [9.17, 15) is 4.79 Å². The summed E-state index contributed by atoms with van der Waals surface area (Å²) in [6.45, 7) is 6.94. The highest BCUT2D eigenvalue weighted by Crippen LogP contribution is 2.41. The third-order valence-corrected chi connectivity index (χ3v) is 6.25. The Morgan fingerprint density at radius 2 is 1.85 bits per heavy atom. The van der Waals surface area contributed by atoms with E-state index >= 15 is 0 Å². The molecular formula is C23H24N2OS. The second-order valence-corrected chi connectivity index (χ2v) is 8.57. The minimum absolute atomic E-state index is 0.0494. The van der Waals surface area contributed by atoms with E-state index in [1.54, 1.807) is 11.3 Å². The number of fused-ring (bicyclic) bond motifs is 1. The van der Waals surface area contributed by atoms with Crippen LogP contribution in [0.2, 0.25) is 0 Å². The number of thiophene rings is 1. The zero-order valence-corrected chi connectivity index (χ0v) is 16.6. The molecular weight excluding hydrogens is 352 g/mol.